The highest BCUT2D eigenvalue weighted by atomic mass is 16.2. The van der Waals surface area contributed by atoms with Crippen LogP contribution in [0.15, 0.2) is 35.5 Å². The first-order chi connectivity index (χ1) is 14.5. The summed E-state index contributed by atoms with van der Waals surface area (Å²) in [5.41, 5.74) is 0.0631. The number of aryl methyl sites for hydroxylation is 1. The summed E-state index contributed by atoms with van der Waals surface area (Å²) in [5, 5.41) is 6.08. The molecule has 0 saturated heterocycles. The fourth-order valence-corrected chi connectivity index (χ4v) is 4.19. The molecule has 2 fully saturated rings. The maximum absolute atomic E-state index is 12.9. The number of amides is 2. The zero-order chi connectivity index (χ0) is 21.1. The van der Waals surface area contributed by atoms with Gasteiger partial charge in [-0.1, -0.05) is 19.3 Å². The molecule has 2 N–H and O–H groups in total. The minimum Gasteiger partial charge on any atom is -0.352 e. The molecule has 2 aromatic heterocycles. The van der Waals surface area contributed by atoms with Crippen LogP contribution in [-0.2, 0) is 18.4 Å². The van der Waals surface area contributed by atoms with Gasteiger partial charge >= 0.3 is 0 Å². The summed E-state index contributed by atoms with van der Waals surface area (Å²) in [6.45, 7) is -0.0815. The Hall–Kier alpha value is -2.90. The van der Waals surface area contributed by atoms with Crippen LogP contribution < -0.4 is 16.2 Å². The van der Waals surface area contributed by atoms with E-state index in [0.29, 0.717) is 11.5 Å². The summed E-state index contributed by atoms with van der Waals surface area (Å²) in [5.74, 6) is 0.745. The minimum atomic E-state index is -0.298. The van der Waals surface area contributed by atoms with Crippen LogP contribution in [0.1, 0.15) is 67.2 Å². The Bertz CT molecular complexity index is 969. The number of imidazole rings is 1. The van der Waals surface area contributed by atoms with Crippen molar-refractivity contribution >= 4 is 11.8 Å². The number of nitrogens with zero attached hydrogens (tertiary/aromatic N) is 3. The molecule has 30 heavy (non-hydrogen) atoms. The fraction of sp³-hybridized carbons (Fsp3) is 0.545. The SMILES string of the molecule is Cn1ccnc1[C@@H](NC(=O)c1ccc(=O)n(CC(=O)NC2CCCCC2)c1)C1CC1. The van der Waals surface area contributed by atoms with E-state index in [1.54, 1.807) is 6.20 Å². The van der Waals surface area contributed by atoms with Crippen molar-refractivity contribution in [1.29, 1.82) is 0 Å². The van der Waals surface area contributed by atoms with E-state index >= 15 is 0 Å². The number of hydrogen-bond acceptors (Lipinski definition) is 4. The summed E-state index contributed by atoms with van der Waals surface area (Å²) in [7, 11) is 1.91. The second-order valence-electron chi connectivity index (χ2n) is 8.47. The van der Waals surface area contributed by atoms with Gasteiger partial charge in [-0.25, -0.2) is 4.98 Å². The van der Waals surface area contributed by atoms with Crippen molar-refractivity contribution in [3.05, 3.63) is 52.5 Å². The van der Waals surface area contributed by atoms with Gasteiger partial charge in [0.2, 0.25) is 5.91 Å². The summed E-state index contributed by atoms with van der Waals surface area (Å²) >= 11 is 0. The Morgan fingerprint density at radius 1 is 1.17 bits per heavy atom. The molecule has 2 saturated carbocycles. The first kappa shape index (κ1) is 20.4. The minimum absolute atomic E-state index is 0.0815. The highest BCUT2D eigenvalue weighted by Gasteiger charge is 2.36. The number of rotatable bonds is 7. The Morgan fingerprint density at radius 3 is 2.60 bits per heavy atom. The third kappa shape index (κ3) is 4.80. The van der Waals surface area contributed by atoms with Crippen LogP contribution in [0.2, 0.25) is 0 Å². The molecule has 2 aromatic rings. The molecule has 0 radical (unpaired) electrons. The maximum atomic E-state index is 12.9. The van der Waals surface area contributed by atoms with Crippen LogP contribution in [0, 0.1) is 5.92 Å². The van der Waals surface area contributed by atoms with Gasteiger partial charge in [0.15, 0.2) is 0 Å². The largest absolute Gasteiger partial charge is 0.352 e. The van der Waals surface area contributed by atoms with E-state index in [-0.39, 0.29) is 36.0 Å². The molecule has 160 valence electrons. The lowest BCUT2D eigenvalue weighted by Gasteiger charge is -2.23. The third-order valence-corrected chi connectivity index (χ3v) is 6.05. The predicted octanol–water partition coefficient (Wildman–Crippen LogP) is 1.91. The zero-order valence-electron chi connectivity index (χ0n) is 17.3. The van der Waals surface area contributed by atoms with E-state index in [1.807, 2.05) is 17.8 Å². The van der Waals surface area contributed by atoms with Crippen LogP contribution in [0.3, 0.4) is 0 Å². The van der Waals surface area contributed by atoms with Gasteiger partial charge in [0, 0.05) is 37.7 Å². The van der Waals surface area contributed by atoms with Gasteiger partial charge in [-0.15, -0.1) is 0 Å². The average molecular weight is 412 g/mol. The molecule has 2 aliphatic rings. The van der Waals surface area contributed by atoms with Crippen molar-refractivity contribution in [3.8, 4) is 0 Å². The van der Waals surface area contributed by atoms with E-state index in [9.17, 15) is 14.4 Å². The van der Waals surface area contributed by atoms with Gasteiger partial charge in [0.05, 0.1) is 11.6 Å². The van der Waals surface area contributed by atoms with E-state index in [0.717, 1.165) is 44.3 Å². The number of aromatic nitrogens is 3. The van der Waals surface area contributed by atoms with E-state index in [2.05, 4.69) is 15.6 Å². The molecule has 2 amide bonds. The third-order valence-electron chi connectivity index (χ3n) is 6.05. The van der Waals surface area contributed by atoms with Gasteiger partial charge in [0.25, 0.3) is 11.5 Å². The molecule has 0 aliphatic heterocycles. The summed E-state index contributed by atoms with van der Waals surface area (Å²) < 4.78 is 3.22. The lowest BCUT2D eigenvalue weighted by Crippen LogP contribution is -2.40. The average Bonchev–Trinajstić information content (AvgIpc) is 3.49. The first-order valence-electron chi connectivity index (χ1n) is 10.8. The molecule has 8 nitrogen and oxygen atoms in total. The number of pyridine rings is 1. The molecule has 0 spiro atoms. The van der Waals surface area contributed by atoms with Crippen molar-refractivity contribution in [2.24, 2.45) is 13.0 Å². The maximum Gasteiger partial charge on any atom is 0.253 e. The molecule has 4 rings (SSSR count). The highest BCUT2D eigenvalue weighted by molar-refractivity contribution is 5.94. The number of carbonyl (C=O) groups excluding carboxylic acids is 2. The summed E-state index contributed by atoms with van der Waals surface area (Å²) in [4.78, 5) is 41.9. The first-order valence-corrected chi connectivity index (χ1v) is 10.8. The predicted molar refractivity (Wildman–Crippen MR) is 112 cm³/mol. The van der Waals surface area contributed by atoms with Gasteiger partial charge in [-0.3, -0.25) is 14.4 Å². The standard InChI is InChI=1S/C22H29N5O3/c1-26-12-11-23-21(26)20(15-7-8-15)25-22(30)16-9-10-19(29)27(13-16)14-18(28)24-17-5-3-2-4-6-17/h9-13,15,17,20H,2-8,14H2,1H3,(H,24,28)(H,25,30)/t20-/m0/s1. The molecule has 0 bridgehead atoms. The second-order valence-corrected chi connectivity index (χ2v) is 8.47. The summed E-state index contributed by atoms with van der Waals surface area (Å²) in [6.07, 6.45) is 12.6. The van der Waals surface area contributed by atoms with E-state index in [4.69, 9.17) is 0 Å². The van der Waals surface area contributed by atoms with Crippen LogP contribution in [0.4, 0.5) is 0 Å². The van der Waals surface area contributed by atoms with Crippen LogP contribution in [0.5, 0.6) is 0 Å². The van der Waals surface area contributed by atoms with Gasteiger partial charge < -0.3 is 19.8 Å². The number of hydrogen-bond donors (Lipinski definition) is 2. The quantitative estimate of drug-likeness (QED) is 0.727. The van der Waals surface area contributed by atoms with E-state index < -0.39 is 0 Å². The summed E-state index contributed by atoms with van der Waals surface area (Å²) in [6, 6.07) is 2.88. The molecular formula is C22H29N5O3. The Labute approximate surface area is 175 Å². The smallest absolute Gasteiger partial charge is 0.253 e. The molecule has 0 unspecified atom stereocenters. The van der Waals surface area contributed by atoms with Crippen LogP contribution >= 0.6 is 0 Å². The normalized spacial score (nSPS) is 18.0. The van der Waals surface area contributed by atoms with E-state index in [1.165, 1.54) is 29.3 Å². The van der Waals surface area contributed by atoms with Crippen molar-refractivity contribution in [2.75, 3.05) is 0 Å². The molecular weight excluding hydrogens is 382 g/mol. The monoisotopic (exact) mass is 411 g/mol. The molecule has 8 heteroatoms. The van der Waals surface area contributed by atoms with Crippen molar-refractivity contribution in [3.63, 3.8) is 0 Å². The zero-order valence-corrected chi connectivity index (χ0v) is 17.3. The molecule has 0 aromatic carbocycles. The number of carbonyl (C=O) groups is 2. The van der Waals surface area contributed by atoms with Crippen LogP contribution in [0.25, 0.3) is 0 Å². The molecule has 1 atom stereocenters. The lowest BCUT2D eigenvalue weighted by atomic mass is 9.95. The molecule has 2 heterocycles. The topological polar surface area (TPSA) is 98.0 Å². The van der Waals surface area contributed by atoms with Gasteiger partial charge in [-0.2, -0.15) is 0 Å². The number of nitrogens with one attached hydrogen (secondary N) is 2. The van der Waals surface area contributed by atoms with Crippen molar-refractivity contribution in [1.82, 2.24) is 24.8 Å². The Balaban J connectivity index is 1.44. The van der Waals surface area contributed by atoms with Crippen molar-refractivity contribution < 1.29 is 9.59 Å². The molecule has 2 aliphatic carbocycles. The van der Waals surface area contributed by atoms with Crippen molar-refractivity contribution in [2.45, 2.75) is 63.6 Å². The highest BCUT2D eigenvalue weighted by Crippen LogP contribution is 2.40. The van der Waals surface area contributed by atoms with Gasteiger partial charge in [0.1, 0.15) is 12.4 Å². The van der Waals surface area contributed by atoms with Crippen LogP contribution in [-0.4, -0.2) is 32.0 Å². The Kier molecular flexibility index (Phi) is 6.01. The fourth-order valence-electron chi connectivity index (χ4n) is 4.19. The second kappa shape index (κ2) is 8.85. The van der Waals surface area contributed by atoms with Gasteiger partial charge in [-0.05, 0) is 37.7 Å². The lowest BCUT2D eigenvalue weighted by molar-refractivity contribution is -0.122. The Morgan fingerprint density at radius 2 is 1.93 bits per heavy atom.